The van der Waals surface area contributed by atoms with Gasteiger partial charge in [-0.1, -0.05) is 50.4 Å². The van der Waals surface area contributed by atoms with E-state index in [9.17, 15) is 4.79 Å². The Morgan fingerprint density at radius 3 is 2.64 bits per heavy atom. The van der Waals surface area contributed by atoms with Gasteiger partial charge in [0, 0.05) is 11.9 Å². The lowest BCUT2D eigenvalue weighted by molar-refractivity contribution is -0.147. The predicted octanol–water partition coefficient (Wildman–Crippen LogP) is 5.34. The van der Waals surface area contributed by atoms with Crippen molar-refractivity contribution in [3.05, 3.63) is 30.0 Å². The standard InChI is InChI=1S/C22H32N2O3.BrH/c1-3-24(4-2)15-10-16-26-22(25)20(17-11-6-5-7-12-17)21-18-13-8-9-14-19(18)27-23-21;/h8-9,13-14,17,20H,3-7,10-12,15-16H2,1-2H3;1H. The molecule has 6 heteroatoms. The molecule has 5 nitrogen and oxygen atoms in total. The van der Waals surface area contributed by atoms with E-state index in [2.05, 4.69) is 23.9 Å². The predicted molar refractivity (Wildman–Crippen MR) is 117 cm³/mol. The number of benzene rings is 1. The van der Waals surface area contributed by atoms with Crippen LogP contribution in [0.15, 0.2) is 28.8 Å². The molecule has 0 N–H and O–H groups in total. The minimum absolute atomic E-state index is 0. The van der Waals surface area contributed by atoms with E-state index in [1.165, 1.54) is 19.3 Å². The lowest BCUT2D eigenvalue weighted by atomic mass is 9.78. The smallest absolute Gasteiger partial charge is 0.315 e. The minimum Gasteiger partial charge on any atom is -0.465 e. The molecule has 1 fully saturated rings. The maximum Gasteiger partial charge on any atom is 0.315 e. The van der Waals surface area contributed by atoms with Crippen molar-refractivity contribution in [2.24, 2.45) is 5.92 Å². The van der Waals surface area contributed by atoms with E-state index in [0.29, 0.717) is 12.5 Å². The molecule has 1 aromatic carbocycles. The first-order valence-electron chi connectivity index (χ1n) is 10.5. The van der Waals surface area contributed by atoms with Crippen LogP contribution in [0, 0.1) is 5.92 Å². The molecule has 1 saturated carbocycles. The SMILES string of the molecule is Br.CCN(CC)CCCOC(=O)C(c1noc2ccccc12)C1CCCCC1. The normalized spacial score (nSPS) is 16.1. The molecule has 1 aliphatic carbocycles. The summed E-state index contributed by atoms with van der Waals surface area (Å²) in [5.74, 6) is -0.162. The van der Waals surface area contributed by atoms with E-state index in [1.54, 1.807) is 0 Å². The summed E-state index contributed by atoms with van der Waals surface area (Å²) in [7, 11) is 0. The first-order chi connectivity index (χ1) is 13.2. The van der Waals surface area contributed by atoms with Crippen molar-refractivity contribution in [3.8, 4) is 0 Å². The molecule has 1 heterocycles. The van der Waals surface area contributed by atoms with Crippen LogP contribution < -0.4 is 0 Å². The van der Waals surface area contributed by atoms with Gasteiger partial charge in [0.25, 0.3) is 0 Å². The summed E-state index contributed by atoms with van der Waals surface area (Å²) in [6.07, 6.45) is 6.57. The minimum atomic E-state index is -0.317. The van der Waals surface area contributed by atoms with Gasteiger partial charge in [-0.15, -0.1) is 17.0 Å². The average molecular weight is 453 g/mol. The Balaban J connectivity index is 0.00000280. The molecule has 3 rings (SSSR count). The van der Waals surface area contributed by atoms with Crippen molar-refractivity contribution >= 4 is 33.9 Å². The molecular formula is C22H33BrN2O3. The zero-order valence-electron chi connectivity index (χ0n) is 17.1. The van der Waals surface area contributed by atoms with Crippen molar-refractivity contribution in [1.29, 1.82) is 0 Å². The highest BCUT2D eigenvalue weighted by Gasteiger charge is 2.35. The summed E-state index contributed by atoms with van der Waals surface area (Å²) in [6, 6.07) is 7.79. The number of esters is 1. The highest BCUT2D eigenvalue weighted by molar-refractivity contribution is 8.93. The number of hydrogen-bond acceptors (Lipinski definition) is 5. The number of nitrogens with zero attached hydrogens (tertiary/aromatic N) is 2. The zero-order chi connectivity index (χ0) is 19.1. The summed E-state index contributed by atoms with van der Waals surface area (Å²) in [5, 5.41) is 5.23. The van der Waals surface area contributed by atoms with Crippen LogP contribution in [-0.2, 0) is 9.53 Å². The molecule has 1 aromatic heterocycles. The maximum absolute atomic E-state index is 13.1. The van der Waals surface area contributed by atoms with E-state index in [0.717, 1.165) is 55.6 Å². The number of para-hydroxylation sites is 1. The lowest BCUT2D eigenvalue weighted by Crippen LogP contribution is -2.28. The molecule has 28 heavy (non-hydrogen) atoms. The van der Waals surface area contributed by atoms with Crippen LogP contribution in [0.3, 0.4) is 0 Å². The molecule has 1 atom stereocenters. The van der Waals surface area contributed by atoms with Gasteiger partial charge in [-0.3, -0.25) is 4.79 Å². The van der Waals surface area contributed by atoms with E-state index >= 15 is 0 Å². The lowest BCUT2D eigenvalue weighted by Gasteiger charge is -2.28. The van der Waals surface area contributed by atoms with Gasteiger partial charge in [0.1, 0.15) is 11.6 Å². The van der Waals surface area contributed by atoms with Gasteiger partial charge in [-0.05, 0) is 50.4 Å². The summed E-state index contributed by atoms with van der Waals surface area (Å²) < 4.78 is 11.2. The first kappa shape index (κ1) is 22.9. The van der Waals surface area contributed by atoms with E-state index in [1.807, 2.05) is 24.3 Å². The van der Waals surface area contributed by atoms with Crippen LogP contribution in [0.1, 0.15) is 64.0 Å². The van der Waals surface area contributed by atoms with E-state index < -0.39 is 0 Å². The summed E-state index contributed by atoms with van der Waals surface area (Å²) in [6.45, 7) is 7.80. The van der Waals surface area contributed by atoms with E-state index in [4.69, 9.17) is 9.26 Å². The molecule has 0 aliphatic heterocycles. The Bertz CT molecular complexity index is 723. The largest absolute Gasteiger partial charge is 0.465 e. The molecular weight excluding hydrogens is 420 g/mol. The van der Waals surface area contributed by atoms with Crippen molar-refractivity contribution in [2.75, 3.05) is 26.2 Å². The first-order valence-corrected chi connectivity index (χ1v) is 10.5. The average Bonchev–Trinajstić information content (AvgIpc) is 3.13. The Kier molecular flexibility index (Phi) is 9.45. The molecule has 156 valence electrons. The van der Waals surface area contributed by atoms with Crippen LogP contribution in [-0.4, -0.2) is 42.3 Å². The van der Waals surface area contributed by atoms with Crippen molar-refractivity contribution in [3.63, 3.8) is 0 Å². The topological polar surface area (TPSA) is 55.6 Å². The highest BCUT2D eigenvalue weighted by Crippen LogP contribution is 2.39. The fourth-order valence-corrected chi connectivity index (χ4v) is 4.22. The number of ether oxygens (including phenoxy) is 1. The quantitative estimate of drug-likeness (QED) is 0.379. The van der Waals surface area contributed by atoms with Crippen molar-refractivity contribution in [1.82, 2.24) is 10.1 Å². The summed E-state index contributed by atoms with van der Waals surface area (Å²) in [5.41, 5.74) is 1.49. The van der Waals surface area contributed by atoms with Crippen LogP contribution in [0.5, 0.6) is 0 Å². The number of aromatic nitrogens is 1. The van der Waals surface area contributed by atoms with Gasteiger partial charge < -0.3 is 14.2 Å². The fourth-order valence-electron chi connectivity index (χ4n) is 4.22. The second-order valence-electron chi connectivity index (χ2n) is 7.49. The molecule has 2 aromatic rings. The maximum atomic E-state index is 13.1. The third kappa shape index (κ3) is 5.57. The third-order valence-electron chi connectivity index (χ3n) is 5.83. The Morgan fingerprint density at radius 2 is 1.93 bits per heavy atom. The van der Waals surface area contributed by atoms with Crippen LogP contribution in [0.25, 0.3) is 11.0 Å². The second-order valence-corrected chi connectivity index (χ2v) is 7.49. The van der Waals surface area contributed by atoms with Crippen molar-refractivity contribution < 1.29 is 14.1 Å². The number of rotatable bonds is 9. The summed E-state index contributed by atoms with van der Waals surface area (Å²) >= 11 is 0. The Labute approximate surface area is 178 Å². The number of halogens is 1. The Morgan fingerprint density at radius 1 is 1.21 bits per heavy atom. The van der Waals surface area contributed by atoms with Gasteiger partial charge >= 0.3 is 5.97 Å². The van der Waals surface area contributed by atoms with Crippen LogP contribution in [0.2, 0.25) is 0 Å². The van der Waals surface area contributed by atoms with Crippen LogP contribution >= 0.6 is 17.0 Å². The Hall–Kier alpha value is -1.40. The molecule has 0 spiro atoms. The van der Waals surface area contributed by atoms with Gasteiger partial charge in [-0.25, -0.2) is 0 Å². The molecule has 0 amide bonds. The van der Waals surface area contributed by atoms with Gasteiger partial charge in [0.05, 0.1) is 6.61 Å². The molecule has 0 radical (unpaired) electrons. The number of carbonyl (C=O) groups excluding carboxylic acids is 1. The monoisotopic (exact) mass is 452 g/mol. The van der Waals surface area contributed by atoms with Crippen LogP contribution in [0.4, 0.5) is 0 Å². The molecule has 0 bridgehead atoms. The zero-order valence-corrected chi connectivity index (χ0v) is 18.8. The third-order valence-corrected chi connectivity index (χ3v) is 5.83. The van der Waals surface area contributed by atoms with Crippen molar-refractivity contribution in [2.45, 2.75) is 58.3 Å². The fraction of sp³-hybridized carbons (Fsp3) is 0.636. The number of carbonyl (C=O) groups is 1. The van der Waals surface area contributed by atoms with Gasteiger partial charge in [0.2, 0.25) is 0 Å². The number of fused-ring (bicyclic) bond motifs is 1. The van der Waals surface area contributed by atoms with E-state index in [-0.39, 0.29) is 28.9 Å². The summed E-state index contributed by atoms with van der Waals surface area (Å²) in [4.78, 5) is 15.4. The molecule has 1 unspecified atom stereocenters. The molecule has 0 saturated heterocycles. The van der Waals surface area contributed by atoms with Gasteiger partial charge in [0.15, 0.2) is 5.58 Å². The molecule has 1 aliphatic rings. The van der Waals surface area contributed by atoms with Gasteiger partial charge in [-0.2, -0.15) is 0 Å². The highest BCUT2D eigenvalue weighted by atomic mass is 79.9. The second kappa shape index (κ2) is 11.6. The number of hydrogen-bond donors (Lipinski definition) is 0.